The van der Waals surface area contributed by atoms with Crippen LogP contribution in [0.4, 0.5) is 0 Å². The summed E-state index contributed by atoms with van der Waals surface area (Å²) in [7, 11) is 0. The van der Waals surface area contributed by atoms with Crippen molar-refractivity contribution >= 4 is 77.0 Å². The van der Waals surface area contributed by atoms with Crippen molar-refractivity contribution in [3.8, 4) is 0 Å². The number of aliphatic hydroxyl groups is 1. The van der Waals surface area contributed by atoms with E-state index < -0.39 is 47.6 Å². The largest absolute Gasteiger partial charge is 0.426 e. The van der Waals surface area contributed by atoms with Gasteiger partial charge < -0.3 is 25.2 Å². The van der Waals surface area contributed by atoms with Crippen molar-refractivity contribution in [3.05, 3.63) is 53.0 Å². The summed E-state index contributed by atoms with van der Waals surface area (Å²) in [4.78, 5) is 69.6. The number of aromatic nitrogens is 2. The second-order valence-electron chi connectivity index (χ2n) is 9.93. The molecule has 4 heterocycles. The van der Waals surface area contributed by atoms with Gasteiger partial charge in [0.2, 0.25) is 6.29 Å². The maximum atomic E-state index is 13.4. The van der Waals surface area contributed by atoms with E-state index in [4.69, 9.17) is 9.47 Å². The summed E-state index contributed by atoms with van der Waals surface area (Å²) in [5.74, 6) is -2.44. The summed E-state index contributed by atoms with van der Waals surface area (Å²) in [5, 5.41) is 16.1. The van der Waals surface area contributed by atoms with Crippen molar-refractivity contribution in [2.75, 3.05) is 18.1 Å². The molecule has 5 atom stereocenters. The number of esters is 2. The molecule has 3 aliphatic heterocycles. The van der Waals surface area contributed by atoms with Gasteiger partial charge in [-0.05, 0) is 36.5 Å². The van der Waals surface area contributed by atoms with Crippen molar-refractivity contribution in [1.29, 1.82) is 0 Å². The van der Waals surface area contributed by atoms with Crippen molar-refractivity contribution in [3.63, 3.8) is 0 Å². The first-order chi connectivity index (χ1) is 20.7. The lowest BCUT2D eigenvalue weighted by atomic mass is 9.94. The van der Waals surface area contributed by atoms with E-state index in [-0.39, 0.29) is 41.1 Å². The van der Waals surface area contributed by atoms with Crippen molar-refractivity contribution < 1.29 is 38.6 Å². The fourth-order valence-corrected chi connectivity index (χ4v) is 7.98. The summed E-state index contributed by atoms with van der Waals surface area (Å²) in [5.41, 5.74) is 1.01. The molecule has 13 nitrogen and oxygen atoms in total. The fourth-order valence-electron chi connectivity index (χ4n) is 5.05. The molecule has 0 saturated carbocycles. The predicted octanol–water partition coefficient (Wildman–Crippen LogP) is 1.83. The third-order valence-electron chi connectivity index (χ3n) is 7.00. The molecule has 1 aromatic carbocycles. The van der Waals surface area contributed by atoms with E-state index in [1.54, 1.807) is 18.2 Å². The van der Waals surface area contributed by atoms with E-state index in [9.17, 15) is 29.1 Å². The summed E-state index contributed by atoms with van der Waals surface area (Å²) in [6, 6.07) is 4.96. The predicted molar refractivity (Wildman–Crippen MR) is 164 cm³/mol. The number of nitrogens with zero attached hydrogens (tertiary/aromatic N) is 3. The summed E-state index contributed by atoms with van der Waals surface area (Å²) < 4.78 is 14.9. The number of carbonyl (C=O) groups excluding carboxylic acids is 5. The first kappa shape index (κ1) is 33.9. The number of aliphatic hydroxyl groups excluding tert-OH is 1. The van der Waals surface area contributed by atoms with Crippen LogP contribution in [0.25, 0.3) is 0 Å². The standard InChI is InChI=1S/C27H29N5O8S3.ClH/c1-13(33)39-14(2)40-26(38)20-15(11-42-27-29-12-30-43-27)10-41-25-19(24(37)32(20)25)31-23(36)22(35)17-7-4-3-6-16(17)21(34)18-8-5-9-28-18;/h3-4,6-7,12,14,18-19,22,25,28,35H,5,8-11H2,1-2H3,(H,31,36);1H/t14?,18-,19?,22?,25-;/m0./s1. The number of rotatable bonds is 11. The lowest BCUT2D eigenvalue weighted by Crippen LogP contribution is -2.71. The van der Waals surface area contributed by atoms with E-state index in [2.05, 4.69) is 20.0 Å². The van der Waals surface area contributed by atoms with Crippen LogP contribution in [0.3, 0.4) is 0 Å². The third-order valence-corrected chi connectivity index (χ3v) is 10.2. The molecule has 3 N–H and O–H groups in total. The highest BCUT2D eigenvalue weighted by Gasteiger charge is 2.55. The molecule has 1 aromatic heterocycles. The van der Waals surface area contributed by atoms with Crippen LogP contribution in [0.1, 0.15) is 48.7 Å². The van der Waals surface area contributed by atoms with Crippen LogP contribution in [-0.4, -0.2) is 90.7 Å². The van der Waals surface area contributed by atoms with Gasteiger partial charge in [0.15, 0.2) is 16.2 Å². The highest BCUT2D eigenvalue weighted by Crippen LogP contribution is 2.42. The quantitative estimate of drug-likeness (QED) is 0.103. The summed E-state index contributed by atoms with van der Waals surface area (Å²) >= 11 is 3.89. The van der Waals surface area contributed by atoms with Crippen LogP contribution in [-0.2, 0) is 28.7 Å². The molecule has 44 heavy (non-hydrogen) atoms. The molecule has 2 amide bonds. The number of hydrogen-bond acceptors (Lipinski definition) is 14. The number of nitrogens with one attached hydrogen (secondary N) is 2. The van der Waals surface area contributed by atoms with Crippen LogP contribution in [0, 0.1) is 0 Å². The molecule has 17 heteroatoms. The van der Waals surface area contributed by atoms with Crippen LogP contribution < -0.4 is 10.6 Å². The molecule has 2 saturated heterocycles. The number of carbonyl (C=O) groups is 5. The number of ether oxygens (including phenoxy) is 2. The van der Waals surface area contributed by atoms with Gasteiger partial charge in [0.05, 0.1) is 6.04 Å². The first-order valence-electron chi connectivity index (χ1n) is 13.4. The maximum Gasteiger partial charge on any atom is 0.358 e. The maximum absolute atomic E-state index is 13.4. The highest BCUT2D eigenvalue weighted by molar-refractivity contribution is 8.01. The van der Waals surface area contributed by atoms with Crippen molar-refractivity contribution in [2.24, 2.45) is 0 Å². The molecule has 0 spiro atoms. The van der Waals surface area contributed by atoms with Crippen LogP contribution in [0.5, 0.6) is 0 Å². The Labute approximate surface area is 271 Å². The average Bonchev–Trinajstić information content (AvgIpc) is 3.72. The molecule has 3 aliphatic rings. The number of β-lactam (4-membered cyclic amide) rings is 1. The van der Waals surface area contributed by atoms with Gasteiger partial charge in [0.1, 0.15) is 23.4 Å². The summed E-state index contributed by atoms with van der Waals surface area (Å²) in [6.07, 6.45) is 0.0619. The Balaban J connectivity index is 0.00000442. The minimum absolute atomic E-state index is 0. The lowest BCUT2D eigenvalue weighted by molar-refractivity contribution is -0.182. The Morgan fingerprint density at radius 1 is 1.25 bits per heavy atom. The zero-order chi connectivity index (χ0) is 30.7. The Morgan fingerprint density at radius 3 is 2.70 bits per heavy atom. The van der Waals surface area contributed by atoms with Crippen molar-refractivity contribution in [2.45, 2.75) is 60.9 Å². The van der Waals surface area contributed by atoms with Gasteiger partial charge in [-0.25, -0.2) is 9.78 Å². The molecule has 2 fully saturated rings. The average molecular weight is 684 g/mol. The van der Waals surface area contributed by atoms with Crippen molar-refractivity contribution in [1.82, 2.24) is 24.9 Å². The Bertz CT molecular complexity index is 1450. The number of Topliss-reactive ketones (excluding diaryl/α,β-unsaturated/α-hetero) is 1. The van der Waals surface area contributed by atoms with Crippen LogP contribution >= 0.6 is 47.5 Å². The Morgan fingerprint density at radius 2 is 2.02 bits per heavy atom. The topological polar surface area (TPSA) is 177 Å². The van der Waals surface area contributed by atoms with Gasteiger partial charge in [-0.2, -0.15) is 4.37 Å². The van der Waals surface area contributed by atoms with Crippen LogP contribution in [0.15, 0.2) is 46.2 Å². The molecule has 0 radical (unpaired) electrons. The molecular weight excluding hydrogens is 654 g/mol. The molecule has 0 aliphatic carbocycles. The fraction of sp³-hybridized carbons (Fsp3) is 0.444. The number of ketones is 1. The lowest BCUT2D eigenvalue weighted by Gasteiger charge is -2.50. The van der Waals surface area contributed by atoms with E-state index in [1.807, 2.05) is 0 Å². The van der Waals surface area contributed by atoms with Crippen LogP contribution in [0.2, 0.25) is 0 Å². The summed E-state index contributed by atoms with van der Waals surface area (Å²) in [6.45, 7) is 3.29. The van der Waals surface area contributed by atoms with Gasteiger partial charge >= 0.3 is 11.9 Å². The van der Waals surface area contributed by atoms with Gasteiger partial charge in [0.25, 0.3) is 11.8 Å². The molecular formula is C27H30ClN5O8S3. The zero-order valence-electron chi connectivity index (χ0n) is 23.6. The smallest absolute Gasteiger partial charge is 0.358 e. The number of benzene rings is 1. The van der Waals surface area contributed by atoms with Gasteiger partial charge in [-0.3, -0.25) is 24.1 Å². The number of hydrogen-bond donors (Lipinski definition) is 3. The molecule has 3 unspecified atom stereocenters. The molecule has 5 rings (SSSR count). The normalized spacial score (nSPS) is 22.2. The Hall–Kier alpha value is -3.02. The second kappa shape index (κ2) is 14.8. The van der Waals surface area contributed by atoms with E-state index in [0.717, 1.165) is 13.0 Å². The monoisotopic (exact) mass is 683 g/mol. The van der Waals surface area contributed by atoms with E-state index in [1.165, 1.54) is 66.2 Å². The SMILES string of the molecule is CC(=O)OC(C)OC(=O)C1=C(CSc2ncns2)CS[C@H]2C(NC(=O)C(O)c3ccccc3C(=O)[C@@H]3CCCN3)C(=O)N12.Cl. The minimum atomic E-state index is -1.69. The number of fused-ring (bicyclic) bond motifs is 1. The van der Waals surface area contributed by atoms with Gasteiger partial charge in [-0.1, -0.05) is 36.0 Å². The third kappa shape index (κ3) is 7.26. The van der Waals surface area contributed by atoms with Gasteiger partial charge in [-0.15, -0.1) is 24.2 Å². The molecule has 236 valence electrons. The van der Waals surface area contributed by atoms with E-state index >= 15 is 0 Å². The number of thioether (sulfide) groups is 2. The number of amides is 2. The van der Waals surface area contributed by atoms with E-state index in [0.29, 0.717) is 27.8 Å². The second-order valence-corrected chi connectivity index (χ2v) is 13.0. The molecule has 2 aromatic rings. The molecule has 0 bridgehead atoms. The minimum Gasteiger partial charge on any atom is -0.426 e. The Kier molecular flexibility index (Phi) is 11.4. The van der Waals surface area contributed by atoms with Gasteiger partial charge in [0, 0.05) is 36.5 Å². The number of halogens is 1. The first-order valence-corrected chi connectivity index (χ1v) is 16.3. The zero-order valence-corrected chi connectivity index (χ0v) is 26.9. The highest BCUT2D eigenvalue weighted by atomic mass is 35.5.